The van der Waals surface area contributed by atoms with Crippen molar-refractivity contribution in [1.29, 1.82) is 0 Å². The van der Waals surface area contributed by atoms with E-state index < -0.39 is 0 Å². The van der Waals surface area contributed by atoms with Gasteiger partial charge in [0.05, 0.1) is 19.4 Å². The zero-order chi connectivity index (χ0) is 28.0. The molecule has 210 valence electrons. The van der Waals surface area contributed by atoms with Crippen molar-refractivity contribution in [2.24, 2.45) is 5.73 Å². The number of hydrogen-bond donors (Lipinski definition) is 3. The predicted octanol–water partition coefficient (Wildman–Crippen LogP) is 4.00. The number of amides is 2. The molecule has 0 bridgehead atoms. The van der Waals surface area contributed by atoms with Crippen LogP contribution >= 0.6 is 34.4 Å². The van der Waals surface area contributed by atoms with Crippen molar-refractivity contribution in [3.63, 3.8) is 0 Å². The highest BCUT2D eigenvalue weighted by molar-refractivity contribution is 7.99. The van der Waals surface area contributed by atoms with Gasteiger partial charge in [-0.1, -0.05) is 65.1 Å². The first-order valence-electron chi connectivity index (χ1n) is 12.9. The van der Waals surface area contributed by atoms with Gasteiger partial charge in [0, 0.05) is 12.8 Å². The number of nitrogens with two attached hydrogens (primary N) is 1. The van der Waals surface area contributed by atoms with Crippen LogP contribution in [0.5, 0.6) is 5.75 Å². The molecule has 0 aliphatic carbocycles. The molecule has 2 heterocycles. The molecule has 0 aliphatic rings. The van der Waals surface area contributed by atoms with E-state index in [1.54, 1.807) is 11.8 Å². The Morgan fingerprint density at radius 2 is 1.32 bits per heavy atom. The molecule has 0 spiro atoms. The van der Waals surface area contributed by atoms with Crippen LogP contribution in [0.4, 0.5) is 10.3 Å². The van der Waals surface area contributed by atoms with Crippen molar-refractivity contribution in [3.05, 3.63) is 75.7 Å². The molecule has 2 amide bonds. The van der Waals surface area contributed by atoms with Crippen molar-refractivity contribution in [2.45, 2.75) is 32.1 Å². The Bertz CT molecular complexity index is 1350. The third-order valence-corrected chi connectivity index (χ3v) is 8.24. The largest absolute Gasteiger partial charge is 0.494 e. The minimum atomic E-state index is -0.137. The lowest BCUT2D eigenvalue weighted by Gasteiger charge is -2.06. The van der Waals surface area contributed by atoms with Crippen LogP contribution in [0.15, 0.2) is 54.6 Å². The molecule has 2 aromatic carbocycles. The minimum absolute atomic E-state index is 0.102. The summed E-state index contributed by atoms with van der Waals surface area (Å²) in [6.45, 7) is 1.17. The Morgan fingerprint density at radius 3 is 1.88 bits per heavy atom. The van der Waals surface area contributed by atoms with E-state index in [1.165, 1.54) is 22.7 Å². The standard InChI is InChI=1S/C27H31N7O3S3/c28-13-4-14-37-21-9-7-20(8-10-21)18-23(36)30-27-34-32-25(40-27)12-16-38-15-11-24-31-33-26(39-24)29-22(35)17-19-5-2-1-3-6-19/h1-3,5-10H,4,11-18,28H2,(H,29,33,35)(H,30,34,36). The number of carbonyl (C=O) groups excluding carboxylic acids is 2. The molecule has 0 radical (unpaired) electrons. The Morgan fingerprint density at radius 1 is 0.775 bits per heavy atom. The van der Waals surface area contributed by atoms with Crippen molar-refractivity contribution in [2.75, 3.05) is 35.3 Å². The fraction of sp³-hybridized carbons (Fsp3) is 0.333. The van der Waals surface area contributed by atoms with Gasteiger partial charge in [0.25, 0.3) is 0 Å². The maximum absolute atomic E-state index is 12.4. The molecule has 0 unspecified atom stereocenters. The number of anilines is 2. The van der Waals surface area contributed by atoms with Crippen LogP contribution < -0.4 is 21.1 Å². The van der Waals surface area contributed by atoms with Crippen LogP contribution in [0.1, 0.15) is 27.6 Å². The third-order valence-electron chi connectivity index (χ3n) is 5.46. The van der Waals surface area contributed by atoms with E-state index in [0.29, 0.717) is 29.8 Å². The normalized spacial score (nSPS) is 10.8. The molecular formula is C27H31N7O3S3. The van der Waals surface area contributed by atoms with Crippen LogP contribution in [-0.2, 0) is 35.3 Å². The second-order valence-corrected chi connectivity index (χ2v) is 12.0. The van der Waals surface area contributed by atoms with Gasteiger partial charge in [0.15, 0.2) is 0 Å². The van der Waals surface area contributed by atoms with Gasteiger partial charge in [-0.25, -0.2) is 0 Å². The van der Waals surface area contributed by atoms with Crippen molar-refractivity contribution < 1.29 is 14.3 Å². The molecule has 0 fully saturated rings. The van der Waals surface area contributed by atoms with Gasteiger partial charge in [-0.05, 0) is 47.7 Å². The Balaban J connectivity index is 1.10. The van der Waals surface area contributed by atoms with Crippen molar-refractivity contribution in [3.8, 4) is 5.75 Å². The van der Waals surface area contributed by atoms with E-state index in [1.807, 2.05) is 54.6 Å². The predicted molar refractivity (Wildman–Crippen MR) is 161 cm³/mol. The highest BCUT2D eigenvalue weighted by atomic mass is 32.2. The SMILES string of the molecule is NCCCOc1ccc(CC(=O)Nc2nnc(CCSCCc3nnc(NC(=O)Cc4ccccc4)s3)s2)cc1. The summed E-state index contributed by atoms with van der Waals surface area (Å²) >= 11 is 4.58. The second kappa shape index (κ2) is 16.0. The van der Waals surface area contributed by atoms with E-state index >= 15 is 0 Å². The topological polar surface area (TPSA) is 145 Å². The molecule has 0 aliphatic heterocycles. The summed E-state index contributed by atoms with van der Waals surface area (Å²) in [4.78, 5) is 24.6. The van der Waals surface area contributed by atoms with Gasteiger partial charge in [-0.3, -0.25) is 9.59 Å². The molecule has 0 atom stereocenters. The molecule has 4 rings (SSSR count). The molecule has 0 saturated carbocycles. The summed E-state index contributed by atoms with van der Waals surface area (Å²) in [6.07, 6.45) is 2.90. The molecule has 10 nitrogen and oxygen atoms in total. The summed E-state index contributed by atoms with van der Waals surface area (Å²) in [5.41, 5.74) is 7.32. The number of benzene rings is 2. The Kier molecular flexibility index (Phi) is 11.8. The monoisotopic (exact) mass is 597 g/mol. The first kappa shape index (κ1) is 29.6. The smallest absolute Gasteiger partial charge is 0.230 e. The molecule has 0 saturated heterocycles. The zero-order valence-electron chi connectivity index (χ0n) is 21.9. The summed E-state index contributed by atoms with van der Waals surface area (Å²) in [5, 5.41) is 25.0. The number of hydrogen-bond acceptors (Lipinski definition) is 11. The molecule has 4 N–H and O–H groups in total. The highest BCUT2D eigenvalue weighted by Crippen LogP contribution is 2.20. The van der Waals surface area contributed by atoms with Crippen LogP contribution in [0, 0.1) is 0 Å². The number of aryl methyl sites for hydroxylation is 2. The van der Waals surface area contributed by atoms with Gasteiger partial charge in [-0.2, -0.15) is 11.8 Å². The minimum Gasteiger partial charge on any atom is -0.494 e. The molecule has 2 aromatic heterocycles. The molecule has 13 heteroatoms. The number of carbonyl (C=O) groups is 2. The lowest BCUT2D eigenvalue weighted by atomic mass is 10.1. The zero-order valence-corrected chi connectivity index (χ0v) is 24.3. The van der Waals surface area contributed by atoms with Crippen LogP contribution in [-0.4, -0.2) is 56.9 Å². The molecule has 4 aromatic rings. The molecule has 40 heavy (non-hydrogen) atoms. The van der Waals surface area contributed by atoms with Crippen molar-refractivity contribution in [1.82, 2.24) is 20.4 Å². The summed E-state index contributed by atoms with van der Waals surface area (Å²) < 4.78 is 5.59. The van der Waals surface area contributed by atoms with E-state index in [9.17, 15) is 9.59 Å². The number of nitrogens with zero attached hydrogens (tertiary/aromatic N) is 4. The molecular weight excluding hydrogens is 567 g/mol. The number of rotatable bonds is 16. The maximum Gasteiger partial charge on any atom is 0.230 e. The first-order valence-corrected chi connectivity index (χ1v) is 15.6. The van der Waals surface area contributed by atoms with Gasteiger partial charge in [-0.15, -0.1) is 20.4 Å². The van der Waals surface area contributed by atoms with Gasteiger partial charge in [0.2, 0.25) is 22.1 Å². The number of aromatic nitrogens is 4. The summed E-state index contributed by atoms with van der Waals surface area (Å²) in [7, 11) is 0. The lowest BCUT2D eigenvalue weighted by Crippen LogP contribution is -2.14. The quantitative estimate of drug-likeness (QED) is 0.163. The van der Waals surface area contributed by atoms with E-state index in [4.69, 9.17) is 10.5 Å². The Hall–Kier alpha value is -3.39. The van der Waals surface area contributed by atoms with E-state index in [2.05, 4.69) is 31.0 Å². The first-order chi connectivity index (χ1) is 19.6. The average Bonchev–Trinajstić information content (AvgIpc) is 3.59. The fourth-order valence-corrected chi connectivity index (χ4v) is 6.15. The highest BCUT2D eigenvalue weighted by Gasteiger charge is 2.11. The Labute approximate surface area is 245 Å². The van der Waals surface area contributed by atoms with Gasteiger partial charge in [0.1, 0.15) is 15.8 Å². The maximum atomic E-state index is 12.4. The van der Waals surface area contributed by atoms with Gasteiger partial charge < -0.3 is 21.1 Å². The second-order valence-electron chi connectivity index (χ2n) is 8.68. The van der Waals surface area contributed by atoms with Crippen molar-refractivity contribution >= 4 is 56.5 Å². The van der Waals surface area contributed by atoms with E-state index in [0.717, 1.165) is 57.7 Å². The lowest BCUT2D eigenvalue weighted by molar-refractivity contribution is -0.116. The van der Waals surface area contributed by atoms with E-state index in [-0.39, 0.29) is 18.2 Å². The average molecular weight is 598 g/mol. The van der Waals surface area contributed by atoms with Gasteiger partial charge >= 0.3 is 0 Å². The van der Waals surface area contributed by atoms with Crippen LogP contribution in [0.3, 0.4) is 0 Å². The summed E-state index contributed by atoms with van der Waals surface area (Å²) in [6, 6.07) is 17.1. The van der Waals surface area contributed by atoms with Crippen LogP contribution in [0.2, 0.25) is 0 Å². The fourth-order valence-electron chi connectivity index (χ4n) is 3.50. The summed E-state index contributed by atoms with van der Waals surface area (Å²) in [5.74, 6) is 2.28. The van der Waals surface area contributed by atoms with Crippen LogP contribution in [0.25, 0.3) is 0 Å². The third kappa shape index (κ3) is 10.3. The number of thioether (sulfide) groups is 1. The number of nitrogens with one attached hydrogen (secondary N) is 2. The number of ether oxygens (including phenoxy) is 1.